The monoisotopic (exact) mass is 336 g/mol. The Labute approximate surface area is 141 Å². The van der Waals surface area contributed by atoms with Gasteiger partial charge in [0.1, 0.15) is 0 Å². The van der Waals surface area contributed by atoms with Gasteiger partial charge < -0.3 is 10.2 Å². The summed E-state index contributed by atoms with van der Waals surface area (Å²) < 4.78 is 0. The van der Waals surface area contributed by atoms with Crippen LogP contribution < -0.4 is 5.32 Å². The third-order valence-corrected chi connectivity index (χ3v) is 5.46. The van der Waals surface area contributed by atoms with Crippen molar-refractivity contribution >= 4 is 23.4 Å². The van der Waals surface area contributed by atoms with Crippen molar-refractivity contribution in [2.75, 3.05) is 25.9 Å². The summed E-state index contributed by atoms with van der Waals surface area (Å²) in [6.45, 7) is 6.99. The lowest BCUT2D eigenvalue weighted by atomic mass is 10.1. The molecule has 1 aromatic rings. The lowest BCUT2D eigenvalue weighted by molar-refractivity contribution is -0.384. The standard InChI is InChI=1S/C16H24N4O2S/c1-12(2)15-11-19(7-8-23-15)16(17-3)18-10-13-5-4-6-14(9-13)20(21)22/h4-6,9,12,15H,7-8,10-11H2,1-3H3,(H,17,18). The minimum Gasteiger partial charge on any atom is -0.352 e. The molecule has 0 aromatic heterocycles. The molecule has 1 saturated heterocycles. The molecular formula is C16H24N4O2S. The topological polar surface area (TPSA) is 70.8 Å². The Morgan fingerprint density at radius 3 is 3.00 bits per heavy atom. The Hall–Kier alpha value is -1.76. The second-order valence-electron chi connectivity index (χ2n) is 5.93. The predicted molar refractivity (Wildman–Crippen MR) is 96.0 cm³/mol. The molecule has 0 saturated carbocycles. The van der Waals surface area contributed by atoms with Gasteiger partial charge >= 0.3 is 0 Å². The molecule has 0 bridgehead atoms. The number of benzene rings is 1. The van der Waals surface area contributed by atoms with Crippen LogP contribution in [-0.4, -0.2) is 46.9 Å². The lowest BCUT2D eigenvalue weighted by Crippen LogP contribution is -2.48. The van der Waals surface area contributed by atoms with Crippen molar-refractivity contribution in [3.63, 3.8) is 0 Å². The van der Waals surface area contributed by atoms with Crippen LogP contribution in [0.5, 0.6) is 0 Å². The maximum Gasteiger partial charge on any atom is 0.269 e. The molecule has 1 heterocycles. The fraction of sp³-hybridized carbons (Fsp3) is 0.562. The number of nitrogens with zero attached hydrogens (tertiary/aromatic N) is 3. The second-order valence-corrected chi connectivity index (χ2v) is 7.27. The first-order valence-electron chi connectivity index (χ1n) is 7.81. The maximum atomic E-state index is 10.8. The van der Waals surface area contributed by atoms with Gasteiger partial charge in [0, 0.05) is 49.8 Å². The van der Waals surface area contributed by atoms with Gasteiger partial charge in [0.05, 0.1) is 4.92 Å². The summed E-state index contributed by atoms with van der Waals surface area (Å²) in [6.07, 6.45) is 0. The SMILES string of the molecule is CN=C(NCc1cccc([N+](=O)[O-])c1)N1CCSC(C(C)C)C1. The largest absolute Gasteiger partial charge is 0.352 e. The number of hydrogen-bond donors (Lipinski definition) is 1. The average molecular weight is 336 g/mol. The van der Waals surface area contributed by atoms with Gasteiger partial charge in [-0.1, -0.05) is 26.0 Å². The summed E-state index contributed by atoms with van der Waals surface area (Å²) >= 11 is 2.02. The van der Waals surface area contributed by atoms with Crippen molar-refractivity contribution in [1.82, 2.24) is 10.2 Å². The average Bonchev–Trinajstić information content (AvgIpc) is 2.56. The van der Waals surface area contributed by atoms with Gasteiger partial charge in [0.25, 0.3) is 5.69 Å². The van der Waals surface area contributed by atoms with E-state index in [0.717, 1.165) is 30.4 Å². The number of nitro benzene ring substituents is 1. The molecule has 2 rings (SSSR count). The van der Waals surface area contributed by atoms with Gasteiger partial charge in [-0.2, -0.15) is 11.8 Å². The predicted octanol–water partition coefficient (Wildman–Crippen LogP) is 2.74. The Kier molecular flexibility index (Phi) is 6.27. The van der Waals surface area contributed by atoms with Crippen molar-refractivity contribution in [3.05, 3.63) is 39.9 Å². The molecule has 1 atom stereocenters. The van der Waals surface area contributed by atoms with E-state index in [1.165, 1.54) is 6.07 Å². The van der Waals surface area contributed by atoms with E-state index >= 15 is 0 Å². The highest BCUT2D eigenvalue weighted by atomic mass is 32.2. The Balaban J connectivity index is 1.97. The van der Waals surface area contributed by atoms with Crippen molar-refractivity contribution in [2.45, 2.75) is 25.6 Å². The van der Waals surface area contributed by atoms with E-state index in [-0.39, 0.29) is 10.6 Å². The van der Waals surface area contributed by atoms with Crippen LogP contribution in [0.4, 0.5) is 5.69 Å². The van der Waals surface area contributed by atoms with Gasteiger partial charge in [-0.15, -0.1) is 0 Å². The normalized spacial score (nSPS) is 19.0. The van der Waals surface area contributed by atoms with E-state index in [4.69, 9.17) is 0 Å². The van der Waals surface area contributed by atoms with E-state index in [2.05, 4.69) is 29.1 Å². The van der Waals surface area contributed by atoms with E-state index in [9.17, 15) is 10.1 Å². The van der Waals surface area contributed by atoms with Crippen molar-refractivity contribution < 1.29 is 4.92 Å². The molecule has 7 heteroatoms. The highest BCUT2D eigenvalue weighted by Crippen LogP contribution is 2.24. The van der Waals surface area contributed by atoms with Crippen LogP contribution in [0.15, 0.2) is 29.3 Å². The molecule has 1 aromatic carbocycles. The zero-order valence-electron chi connectivity index (χ0n) is 13.9. The molecule has 1 aliphatic heterocycles. The molecule has 0 aliphatic carbocycles. The maximum absolute atomic E-state index is 10.8. The smallest absolute Gasteiger partial charge is 0.269 e. The van der Waals surface area contributed by atoms with Gasteiger partial charge in [0.2, 0.25) is 0 Å². The van der Waals surface area contributed by atoms with E-state index in [1.54, 1.807) is 19.2 Å². The molecule has 0 spiro atoms. The summed E-state index contributed by atoms with van der Waals surface area (Å²) in [7, 11) is 1.78. The van der Waals surface area contributed by atoms with Gasteiger partial charge in [0.15, 0.2) is 5.96 Å². The number of nitrogens with one attached hydrogen (secondary N) is 1. The minimum atomic E-state index is -0.368. The Morgan fingerprint density at radius 2 is 2.35 bits per heavy atom. The van der Waals surface area contributed by atoms with Crippen LogP contribution >= 0.6 is 11.8 Å². The molecule has 1 N–H and O–H groups in total. The van der Waals surface area contributed by atoms with Crippen LogP contribution in [-0.2, 0) is 6.54 Å². The Morgan fingerprint density at radius 1 is 1.57 bits per heavy atom. The zero-order valence-corrected chi connectivity index (χ0v) is 14.7. The number of hydrogen-bond acceptors (Lipinski definition) is 4. The third kappa shape index (κ3) is 4.86. The number of aliphatic imine (C=N–C) groups is 1. The van der Waals surface area contributed by atoms with Crippen molar-refractivity contribution in [1.29, 1.82) is 0 Å². The summed E-state index contributed by atoms with van der Waals surface area (Å²) in [4.78, 5) is 17.1. The molecule has 0 amide bonds. The first-order chi connectivity index (χ1) is 11.0. The molecule has 6 nitrogen and oxygen atoms in total. The van der Waals surface area contributed by atoms with Crippen molar-refractivity contribution in [3.8, 4) is 0 Å². The number of thioether (sulfide) groups is 1. The fourth-order valence-electron chi connectivity index (χ4n) is 2.56. The highest BCUT2D eigenvalue weighted by molar-refractivity contribution is 8.00. The van der Waals surface area contributed by atoms with Crippen LogP contribution in [0.1, 0.15) is 19.4 Å². The summed E-state index contributed by atoms with van der Waals surface area (Å²) in [5, 5.41) is 14.8. The quantitative estimate of drug-likeness (QED) is 0.396. The van der Waals surface area contributed by atoms with Gasteiger partial charge in [-0.3, -0.25) is 15.1 Å². The molecule has 23 heavy (non-hydrogen) atoms. The van der Waals surface area contributed by atoms with E-state index in [1.807, 2.05) is 17.8 Å². The van der Waals surface area contributed by atoms with E-state index in [0.29, 0.717) is 17.7 Å². The number of rotatable bonds is 4. The van der Waals surface area contributed by atoms with E-state index < -0.39 is 0 Å². The first-order valence-corrected chi connectivity index (χ1v) is 8.86. The summed E-state index contributed by atoms with van der Waals surface area (Å²) in [6, 6.07) is 6.71. The number of guanidine groups is 1. The lowest BCUT2D eigenvalue weighted by Gasteiger charge is -2.36. The molecular weight excluding hydrogens is 312 g/mol. The highest BCUT2D eigenvalue weighted by Gasteiger charge is 2.24. The molecule has 0 radical (unpaired) electrons. The summed E-state index contributed by atoms with van der Waals surface area (Å²) in [5.74, 6) is 2.60. The number of non-ortho nitro benzene ring substituents is 1. The van der Waals surface area contributed by atoms with Crippen LogP contribution in [0.2, 0.25) is 0 Å². The number of nitro groups is 1. The zero-order chi connectivity index (χ0) is 16.8. The van der Waals surface area contributed by atoms with Crippen LogP contribution in [0.3, 0.4) is 0 Å². The molecule has 1 fully saturated rings. The van der Waals surface area contributed by atoms with Crippen molar-refractivity contribution in [2.24, 2.45) is 10.9 Å². The molecule has 1 unspecified atom stereocenters. The minimum absolute atomic E-state index is 0.119. The van der Waals surface area contributed by atoms with Gasteiger partial charge in [-0.05, 0) is 11.5 Å². The first kappa shape index (κ1) is 17.6. The molecule has 1 aliphatic rings. The summed E-state index contributed by atoms with van der Waals surface area (Å²) in [5.41, 5.74) is 1.00. The molecule has 126 valence electrons. The third-order valence-electron chi connectivity index (χ3n) is 3.92. The van der Waals surface area contributed by atoms with Crippen LogP contribution in [0.25, 0.3) is 0 Å². The Bertz CT molecular complexity index is 577. The fourth-order valence-corrected chi connectivity index (χ4v) is 3.86. The van der Waals surface area contributed by atoms with Gasteiger partial charge in [-0.25, -0.2) is 0 Å². The second kappa shape index (κ2) is 8.19. The van der Waals surface area contributed by atoms with Crippen LogP contribution in [0, 0.1) is 16.0 Å².